The predicted molar refractivity (Wildman–Crippen MR) is 71.5 cm³/mol. The molecule has 18 heavy (non-hydrogen) atoms. The maximum absolute atomic E-state index is 11.8. The molecule has 0 aromatic carbocycles. The molecule has 4 nitrogen and oxygen atoms in total. The Labute approximate surface area is 110 Å². The van der Waals surface area contributed by atoms with Crippen molar-refractivity contribution in [3.8, 4) is 0 Å². The molecule has 0 aromatic rings. The zero-order valence-corrected chi connectivity index (χ0v) is 11.9. The first kappa shape index (κ1) is 15.4. The molecule has 3 unspecified atom stereocenters. The molecule has 0 spiro atoms. The molecule has 1 aliphatic rings. The van der Waals surface area contributed by atoms with E-state index in [0.29, 0.717) is 18.6 Å². The van der Waals surface area contributed by atoms with Gasteiger partial charge in [-0.05, 0) is 32.1 Å². The number of ether oxygens (including phenoxy) is 2. The Morgan fingerprint density at radius 1 is 1.44 bits per heavy atom. The maximum Gasteiger partial charge on any atom is 0.323 e. The van der Waals surface area contributed by atoms with Crippen LogP contribution in [0.25, 0.3) is 0 Å². The number of nitrogens with one attached hydrogen (secondary N) is 1. The van der Waals surface area contributed by atoms with E-state index in [0.717, 1.165) is 38.8 Å². The maximum atomic E-state index is 11.8. The summed E-state index contributed by atoms with van der Waals surface area (Å²) >= 11 is 0. The molecule has 4 heteroatoms. The van der Waals surface area contributed by atoms with Crippen molar-refractivity contribution in [2.45, 2.75) is 58.6 Å². The molecule has 1 saturated heterocycles. The van der Waals surface area contributed by atoms with Gasteiger partial charge in [0.05, 0.1) is 12.7 Å². The standard InChI is InChI=1S/C14H27NO3/c1-4-7-12(14(16)17-6-3)15-10-11-8-9-18-13(11)5-2/h11-13,15H,4-10H2,1-3H3. The fraction of sp³-hybridized carbons (Fsp3) is 0.929. The van der Waals surface area contributed by atoms with E-state index in [1.165, 1.54) is 0 Å². The highest BCUT2D eigenvalue weighted by molar-refractivity contribution is 5.75. The molecule has 0 saturated carbocycles. The van der Waals surface area contributed by atoms with Crippen molar-refractivity contribution in [1.29, 1.82) is 0 Å². The third-order valence-corrected chi connectivity index (χ3v) is 3.52. The Morgan fingerprint density at radius 3 is 2.83 bits per heavy atom. The topological polar surface area (TPSA) is 47.6 Å². The third-order valence-electron chi connectivity index (χ3n) is 3.52. The fourth-order valence-corrected chi connectivity index (χ4v) is 2.51. The van der Waals surface area contributed by atoms with Crippen LogP contribution >= 0.6 is 0 Å². The highest BCUT2D eigenvalue weighted by Crippen LogP contribution is 2.22. The summed E-state index contributed by atoms with van der Waals surface area (Å²) in [4.78, 5) is 11.8. The minimum atomic E-state index is -0.159. The Balaban J connectivity index is 2.38. The summed E-state index contributed by atoms with van der Waals surface area (Å²) in [6.45, 7) is 8.23. The second-order valence-electron chi connectivity index (χ2n) is 4.87. The Morgan fingerprint density at radius 2 is 2.22 bits per heavy atom. The summed E-state index contributed by atoms with van der Waals surface area (Å²) in [7, 11) is 0. The molecule has 1 aliphatic heterocycles. The minimum absolute atomic E-state index is 0.119. The van der Waals surface area contributed by atoms with Crippen LogP contribution in [0.3, 0.4) is 0 Å². The SMILES string of the molecule is CCCC(NCC1CCOC1CC)C(=O)OCC. The smallest absolute Gasteiger partial charge is 0.323 e. The van der Waals surface area contributed by atoms with Crippen molar-refractivity contribution in [2.75, 3.05) is 19.8 Å². The second kappa shape index (κ2) is 8.48. The quantitative estimate of drug-likeness (QED) is 0.677. The summed E-state index contributed by atoms with van der Waals surface area (Å²) in [6.07, 6.45) is 4.30. The van der Waals surface area contributed by atoms with Crippen LogP contribution in [0.4, 0.5) is 0 Å². The highest BCUT2D eigenvalue weighted by atomic mass is 16.5. The van der Waals surface area contributed by atoms with Gasteiger partial charge < -0.3 is 14.8 Å². The van der Waals surface area contributed by atoms with Crippen LogP contribution in [0.2, 0.25) is 0 Å². The zero-order chi connectivity index (χ0) is 13.4. The Bertz CT molecular complexity index is 245. The molecule has 3 atom stereocenters. The van der Waals surface area contributed by atoms with E-state index in [1.807, 2.05) is 6.92 Å². The van der Waals surface area contributed by atoms with E-state index in [1.54, 1.807) is 0 Å². The molecule has 1 fully saturated rings. The monoisotopic (exact) mass is 257 g/mol. The van der Waals surface area contributed by atoms with Gasteiger partial charge in [0.15, 0.2) is 0 Å². The summed E-state index contributed by atoms with van der Waals surface area (Å²) in [5, 5.41) is 3.36. The molecule has 1 rings (SSSR count). The van der Waals surface area contributed by atoms with Crippen LogP contribution in [0.15, 0.2) is 0 Å². The lowest BCUT2D eigenvalue weighted by molar-refractivity contribution is -0.145. The van der Waals surface area contributed by atoms with Gasteiger partial charge in [0.1, 0.15) is 6.04 Å². The van der Waals surface area contributed by atoms with E-state index < -0.39 is 0 Å². The summed E-state index contributed by atoms with van der Waals surface area (Å²) in [6, 6.07) is -0.159. The lowest BCUT2D eigenvalue weighted by Crippen LogP contribution is -2.41. The van der Waals surface area contributed by atoms with Crippen molar-refractivity contribution >= 4 is 5.97 Å². The normalized spacial score (nSPS) is 25.1. The average Bonchev–Trinajstić information content (AvgIpc) is 2.82. The average molecular weight is 257 g/mol. The first-order chi connectivity index (χ1) is 8.72. The van der Waals surface area contributed by atoms with Gasteiger partial charge in [-0.2, -0.15) is 0 Å². The number of esters is 1. The molecule has 0 amide bonds. The number of rotatable bonds is 8. The minimum Gasteiger partial charge on any atom is -0.465 e. The van der Waals surface area contributed by atoms with Crippen LogP contribution in [-0.4, -0.2) is 37.9 Å². The fourth-order valence-electron chi connectivity index (χ4n) is 2.51. The molecule has 0 aromatic heterocycles. The second-order valence-corrected chi connectivity index (χ2v) is 4.87. The van der Waals surface area contributed by atoms with E-state index in [-0.39, 0.29) is 12.0 Å². The third kappa shape index (κ3) is 4.58. The zero-order valence-electron chi connectivity index (χ0n) is 11.9. The van der Waals surface area contributed by atoms with Crippen LogP contribution in [-0.2, 0) is 14.3 Å². The number of hydrogen-bond donors (Lipinski definition) is 1. The van der Waals surface area contributed by atoms with Crippen molar-refractivity contribution in [1.82, 2.24) is 5.32 Å². The molecule has 1 heterocycles. The van der Waals surface area contributed by atoms with Gasteiger partial charge in [-0.3, -0.25) is 4.79 Å². The van der Waals surface area contributed by atoms with Crippen molar-refractivity contribution < 1.29 is 14.3 Å². The van der Waals surface area contributed by atoms with Gasteiger partial charge in [-0.15, -0.1) is 0 Å². The van der Waals surface area contributed by atoms with Gasteiger partial charge in [0.25, 0.3) is 0 Å². The first-order valence-corrected chi connectivity index (χ1v) is 7.24. The van der Waals surface area contributed by atoms with Crippen molar-refractivity contribution in [2.24, 2.45) is 5.92 Å². The van der Waals surface area contributed by atoms with Gasteiger partial charge in [0, 0.05) is 13.2 Å². The van der Waals surface area contributed by atoms with Crippen LogP contribution in [0.5, 0.6) is 0 Å². The van der Waals surface area contributed by atoms with E-state index >= 15 is 0 Å². The van der Waals surface area contributed by atoms with Crippen molar-refractivity contribution in [3.05, 3.63) is 0 Å². The lowest BCUT2D eigenvalue weighted by atomic mass is 9.99. The lowest BCUT2D eigenvalue weighted by Gasteiger charge is -2.21. The van der Waals surface area contributed by atoms with E-state index in [2.05, 4.69) is 19.2 Å². The number of carbonyl (C=O) groups is 1. The van der Waals surface area contributed by atoms with E-state index in [9.17, 15) is 4.79 Å². The van der Waals surface area contributed by atoms with Crippen LogP contribution in [0.1, 0.15) is 46.5 Å². The van der Waals surface area contributed by atoms with Crippen molar-refractivity contribution in [3.63, 3.8) is 0 Å². The molecule has 106 valence electrons. The van der Waals surface area contributed by atoms with Gasteiger partial charge in [0.2, 0.25) is 0 Å². The molecule has 0 aliphatic carbocycles. The molecule has 0 radical (unpaired) electrons. The number of hydrogen-bond acceptors (Lipinski definition) is 4. The summed E-state index contributed by atoms with van der Waals surface area (Å²) in [5.41, 5.74) is 0. The van der Waals surface area contributed by atoms with Gasteiger partial charge in [-0.25, -0.2) is 0 Å². The van der Waals surface area contributed by atoms with Crippen LogP contribution < -0.4 is 5.32 Å². The molecular weight excluding hydrogens is 230 g/mol. The predicted octanol–water partition coefficient (Wildman–Crippen LogP) is 2.12. The van der Waals surface area contributed by atoms with Crippen LogP contribution in [0, 0.1) is 5.92 Å². The summed E-state index contributed by atoms with van der Waals surface area (Å²) < 4.78 is 10.8. The first-order valence-electron chi connectivity index (χ1n) is 7.24. The van der Waals surface area contributed by atoms with Gasteiger partial charge >= 0.3 is 5.97 Å². The Kier molecular flexibility index (Phi) is 7.28. The molecule has 1 N–H and O–H groups in total. The molecular formula is C14H27NO3. The highest BCUT2D eigenvalue weighted by Gasteiger charge is 2.28. The van der Waals surface area contributed by atoms with Gasteiger partial charge in [-0.1, -0.05) is 20.3 Å². The summed E-state index contributed by atoms with van der Waals surface area (Å²) in [5.74, 6) is 0.412. The molecule has 0 bridgehead atoms. The van der Waals surface area contributed by atoms with E-state index in [4.69, 9.17) is 9.47 Å². The number of carbonyl (C=O) groups excluding carboxylic acids is 1. The Hall–Kier alpha value is -0.610. The largest absolute Gasteiger partial charge is 0.465 e.